The number of likely N-dealkylation sites (tertiary alicyclic amines) is 2. The Balaban J connectivity index is 1.04. The van der Waals surface area contributed by atoms with Crippen LogP contribution >= 0.6 is 0 Å². The summed E-state index contributed by atoms with van der Waals surface area (Å²) in [7, 11) is 5.52. The minimum absolute atomic E-state index is 0.0748. The summed E-state index contributed by atoms with van der Waals surface area (Å²) in [6.45, 7) is 7.84. The van der Waals surface area contributed by atoms with Crippen LogP contribution in [0.2, 0.25) is 0 Å². The van der Waals surface area contributed by atoms with Crippen molar-refractivity contribution >= 4 is 45.8 Å². The lowest BCUT2D eigenvalue weighted by molar-refractivity contribution is -0.140. The number of nitrogens with one attached hydrogen (secondary N) is 4. The Morgan fingerprint density at radius 2 is 1.37 bits per heavy atom. The zero-order valence-electron chi connectivity index (χ0n) is 36.2. The second kappa shape index (κ2) is 17.3. The highest BCUT2D eigenvalue weighted by Crippen LogP contribution is 2.44. The van der Waals surface area contributed by atoms with Gasteiger partial charge in [-0.25, -0.2) is 19.6 Å². The van der Waals surface area contributed by atoms with Crippen LogP contribution in [-0.2, 0) is 35.1 Å². The van der Waals surface area contributed by atoms with Crippen molar-refractivity contribution in [3.63, 3.8) is 0 Å². The Morgan fingerprint density at radius 1 is 0.758 bits per heavy atom. The van der Waals surface area contributed by atoms with E-state index < -0.39 is 36.5 Å². The largest absolute Gasteiger partial charge is 0.488 e. The number of fused-ring (bicyclic) bond motifs is 6. The maximum absolute atomic E-state index is 14.0. The average molecular weight is 851 g/mol. The lowest BCUT2D eigenvalue weighted by Crippen LogP contribution is -2.55. The monoisotopic (exact) mass is 850 g/mol. The van der Waals surface area contributed by atoms with Crippen LogP contribution in [-0.4, -0.2) is 119 Å². The Kier molecular flexibility index (Phi) is 11.8. The topological polar surface area (TPSA) is 202 Å². The van der Waals surface area contributed by atoms with Crippen LogP contribution in [0.1, 0.15) is 82.7 Å². The van der Waals surface area contributed by atoms with Crippen LogP contribution in [0.15, 0.2) is 48.7 Å². The predicted molar refractivity (Wildman–Crippen MR) is 229 cm³/mol. The zero-order valence-corrected chi connectivity index (χ0v) is 36.2. The van der Waals surface area contributed by atoms with Gasteiger partial charge in [0.25, 0.3) is 0 Å². The van der Waals surface area contributed by atoms with Gasteiger partial charge >= 0.3 is 12.2 Å². The summed E-state index contributed by atoms with van der Waals surface area (Å²) in [6.07, 6.45) is 2.18. The van der Waals surface area contributed by atoms with Gasteiger partial charge in [0.15, 0.2) is 0 Å². The molecule has 62 heavy (non-hydrogen) atoms. The van der Waals surface area contributed by atoms with E-state index in [1.54, 1.807) is 29.8 Å². The van der Waals surface area contributed by atoms with Crippen molar-refractivity contribution in [3.8, 4) is 28.1 Å². The summed E-state index contributed by atoms with van der Waals surface area (Å²) in [5.41, 5.74) is 6.43. The number of aromatic amines is 2. The van der Waals surface area contributed by atoms with Crippen molar-refractivity contribution < 1.29 is 42.9 Å². The maximum atomic E-state index is 14.0. The number of aromatic nitrogens is 4. The van der Waals surface area contributed by atoms with Crippen LogP contribution in [0.25, 0.3) is 44.2 Å². The molecule has 4 amide bonds. The number of carbonyl (C=O) groups excluding carboxylic acids is 4. The Labute approximate surface area is 359 Å². The molecule has 0 saturated carbocycles. The van der Waals surface area contributed by atoms with Crippen molar-refractivity contribution in [1.29, 1.82) is 0 Å². The van der Waals surface area contributed by atoms with Crippen molar-refractivity contribution in [2.45, 2.75) is 108 Å². The molecule has 3 aromatic carbocycles. The number of benzene rings is 3. The second-order valence-electron chi connectivity index (χ2n) is 16.5. The van der Waals surface area contributed by atoms with Crippen molar-refractivity contribution in [2.75, 3.05) is 28.4 Å². The molecule has 2 fully saturated rings. The van der Waals surface area contributed by atoms with E-state index in [9.17, 15) is 19.2 Å². The molecule has 1 unspecified atom stereocenters. The fourth-order valence-corrected chi connectivity index (χ4v) is 9.26. The average Bonchev–Trinajstić information content (AvgIpc) is 4.11. The fraction of sp³-hybridized carbons (Fsp3) is 0.467. The van der Waals surface area contributed by atoms with E-state index >= 15 is 0 Å². The van der Waals surface area contributed by atoms with Crippen molar-refractivity contribution in [1.82, 2.24) is 40.4 Å². The molecule has 328 valence electrons. The number of imidazole rings is 2. The van der Waals surface area contributed by atoms with Gasteiger partial charge < -0.3 is 54.1 Å². The molecule has 0 bridgehead atoms. The number of ether oxygens (including phenoxy) is 5. The minimum atomic E-state index is -0.938. The van der Waals surface area contributed by atoms with Gasteiger partial charge in [-0.15, -0.1) is 0 Å². The number of amides is 4. The van der Waals surface area contributed by atoms with E-state index in [4.69, 9.17) is 33.7 Å². The molecule has 17 nitrogen and oxygen atoms in total. The summed E-state index contributed by atoms with van der Waals surface area (Å²) in [4.78, 5) is 72.7. The smallest absolute Gasteiger partial charge is 0.407 e. The molecular weight excluding hydrogens is 797 g/mol. The number of methoxy groups -OCH3 is 4. The van der Waals surface area contributed by atoms with E-state index in [1.807, 2.05) is 19.9 Å². The number of carbonyl (C=O) groups is 4. The summed E-state index contributed by atoms with van der Waals surface area (Å²) >= 11 is 0. The van der Waals surface area contributed by atoms with Gasteiger partial charge in [-0.3, -0.25) is 9.59 Å². The summed E-state index contributed by atoms with van der Waals surface area (Å²) in [5.74, 6) is 1.57. The van der Waals surface area contributed by atoms with Gasteiger partial charge in [0, 0.05) is 37.3 Å². The predicted octanol–water partition coefficient (Wildman–Crippen LogP) is 6.29. The Bertz CT molecular complexity index is 2520. The van der Waals surface area contributed by atoms with Gasteiger partial charge in [0.05, 0.1) is 61.4 Å². The molecule has 2 aromatic heterocycles. The van der Waals surface area contributed by atoms with E-state index in [-0.39, 0.29) is 36.0 Å². The quantitative estimate of drug-likeness (QED) is 0.116. The number of hydrogen-bond acceptors (Lipinski definition) is 11. The third-order valence-corrected chi connectivity index (χ3v) is 12.9. The summed E-state index contributed by atoms with van der Waals surface area (Å²) in [5, 5.41) is 7.26. The molecule has 5 aromatic rings. The first-order valence-electron chi connectivity index (χ1n) is 21.0. The van der Waals surface area contributed by atoms with Crippen LogP contribution in [0.3, 0.4) is 0 Å². The number of H-pyrrole nitrogens is 2. The van der Waals surface area contributed by atoms with Crippen molar-refractivity contribution in [3.05, 3.63) is 65.9 Å². The number of nitrogens with zero attached hydrogens (tertiary/aromatic N) is 4. The molecule has 3 aliphatic heterocycles. The van der Waals surface area contributed by atoms with E-state index in [2.05, 4.69) is 57.0 Å². The van der Waals surface area contributed by atoms with Crippen molar-refractivity contribution in [2.24, 2.45) is 0 Å². The lowest BCUT2D eigenvalue weighted by Gasteiger charge is -2.33. The normalized spacial score (nSPS) is 21.4. The van der Waals surface area contributed by atoms with E-state index in [1.165, 1.54) is 28.4 Å². The number of alkyl carbamates (subject to hydrolysis) is 2. The SMILES string of the molecule is COC(=O)NC(C(=O)N1[C@@H](C)CC[C@H]1c1nc2ccc3cc4c(cc3c2[nH]1)OCc1cc(-c2cnc([C@@H]3CC[C@H](C)N3C(=O)[C@@H](NC(=O)OC)[C@@H](C)OC)[nH]2)ccc1-4)[C@@H](C)OC. The molecule has 0 spiro atoms. The van der Waals surface area contributed by atoms with Gasteiger partial charge in [-0.1, -0.05) is 18.2 Å². The first kappa shape index (κ1) is 42.5. The van der Waals surface area contributed by atoms with Crippen LogP contribution in [0, 0.1) is 0 Å². The number of hydrogen-bond donors (Lipinski definition) is 4. The first-order valence-corrected chi connectivity index (χ1v) is 21.0. The zero-order chi connectivity index (χ0) is 44.0. The van der Waals surface area contributed by atoms with Crippen LogP contribution < -0.4 is 15.4 Å². The molecular formula is C45H54N8O9. The third kappa shape index (κ3) is 7.67. The highest BCUT2D eigenvalue weighted by Gasteiger charge is 2.44. The number of rotatable bonds is 11. The molecule has 5 heterocycles. The Morgan fingerprint density at radius 3 is 1.97 bits per heavy atom. The summed E-state index contributed by atoms with van der Waals surface area (Å²) in [6, 6.07) is 11.8. The fourth-order valence-electron chi connectivity index (χ4n) is 9.26. The highest BCUT2D eigenvalue weighted by atomic mass is 16.5. The standard InChI is InChI=1S/C45H54N8O9/c1-22-9-15-34(52(22)42(54)37(24(3)58-5)50-44(56)60-7)40-46-20-33(48-40)27-11-13-29-28(17-27)21-62-36-19-30-26(18-31(29)36)12-14-32-39(30)49-41(47-32)35-16-10-23(2)53(35)43(55)38(25(4)59-6)51-45(57)61-8/h11-14,17-20,22-25,34-35,37-38H,9-10,15-16,21H2,1-8H3,(H,46,48)(H,47,49)(H,50,56)(H,51,57)/t22-,23-,24+,25+,34-,35-,37-,38?/m0/s1. The van der Waals surface area contributed by atoms with E-state index in [0.717, 1.165) is 68.3 Å². The molecule has 3 aliphatic rings. The van der Waals surface area contributed by atoms with Gasteiger partial charge in [0.1, 0.15) is 36.1 Å². The summed E-state index contributed by atoms with van der Waals surface area (Å²) < 4.78 is 27.0. The molecule has 0 aliphatic carbocycles. The van der Waals surface area contributed by atoms with Gasteiger partial charge in [-0.2, -0.15) is 0 Å². The van der Waals surface area contributed by atoms with Gasteiger partial charge in [0.2, 0.25) is 11.8 Å². The molecule has 8 atom stereocenters. The maximum Gasteiger partial charge on any atom is 0.407 e. The molecule has 17 heteroatoms. The first-order chi connectivity index (χ1) is 29.8. The molecule has 2 saturated heterocycles. The van der Waals surface area contributed by atoms with Crippen LogP contribution in [0.5, 0.6) is 5.75 Å². The van der Waals surface area contributed by atoms with E-state index in [0.29, 0.717) is 31.1 Å². The second-order valence-corrected chi connectivity index (χ2v) is 16.5. The lowest BCUT2D eigenvalue weighted by atomic mass is 9.92. The molecule has 4 N–H and O–H groups in total. The Hall–Kier alpha value is -6.20. The van der Waals surface area contributed by atoms with Gasteiger partial charge in [-0.05, 0) is 99.7 Å². The molecule has 8 rings (SSSR count). The minimum Gasteiger partial charge on any atom is -0.488 e. The third-order valence-electron chi connectivity index (χ3n) is 12.9. The molecule has 0 radical (unpaired) electrons. The van der Waals surface area contributed by atoms with Crippen LogP contribution in [0.4, 0.5) is 9.59 Å². The highest BCUT2D eigenvalue weighted by molar-refractivity contribution is 6.07.